The van der Waals surface area contributed by atoms with Crippen molar-refractivity contribution in [3.63, 3.8) is 0 Å². The van der Waals surface area contributed by atoms with Crippen molar-refractivity contribution in [3.05, 3.63) is 35.4 Å². The average Bonchev–Trinajstić information content (AvgIpc) is 2.34. The summed E-state index contributed by atoms with van der Waals surface area (Å²) in [5.74, 6) is 0. The number of hydrogen-bond donors (Lipinski definition) is 1. The molecule has 96 valence electrons. The van der Waals surface area contributed by atoms with Crippen LogP contribution >= 0.6 is 0 Å². The first kappa shape index (κ1) is 14.2. The molecule has 3 heteroatoms. The van der Waals surface area contributed by atoms with Gasteiger partial charge in [0.1, 0.15) is 0 Å². The van der Waals surface area contributed by atoms with E-state index in [0.717, 1.165) is 18.6 Å². The smallest absolute Gasteiger partial charge is 0.0701 e. The van der Waals surface area contributed by atoms with Gasteiger partial charge in [0.05, 0.1) is 25.9 Å². The average molecular weight is 237 g/mol. The molecule has 0 fully saturated rings. The number of benzene rings is 1. The van der Waals surface area contributed by atoms with Crippen LogP contribution in [0.5, 0.6) is 0 Å². The Morgan fingerprint density at radius 2 is 1.82 bits per heavy atom. The Labute approximate surface area is 104 Å². The summed E-state index contributed by atoms with van der Waals surface area (Å²) in [6.07, 6.45) is 1.04. The second-order valence-corrected chi connectivity index (χ2v) is 4.15. The van der Waals surface area contributed by atoms with Gasteiger partial charge in [-0.15, -0.1) is 0 Å². The largest absolute Gasteiger partial charge is 0.379 e. The highest BCUT2D eigenvalue weighted by Gasteiger charge is 2.07. The van der Waals surface area contributed by atoms with Crippen LogP contribution < -0.4 is 5.73 Å². The van der Waals surface area contributed by atoms with Crippen molar-refractivity contribution in [1.82, 2.24) is 0 Å². The Bertz CT molecular complexity index is 315. The lowest BCUT2D eigenvalue weighted by molar-refractivity contribution is 0.0427. The van der Waals surface area contributed by atoms with Crippen LogP contribution in [0.4, 0.5) is 0 Å². The number of hydrogen-bond acceptors (Lipinski definition) is 3. The Balaban J connectivity index is 2.21. The molecule has 1 atom stereocenters. The van der Waals surface area contributed by atoms with Gasteiger partial charge in [0.2, 0.25) is 0 Å². The van der Waals surface area contributed by atoms with Crippen LogP contribution in [0.3, 0.4) is 0 Å². The second-order valence-electron chi connectivity index (χ2n) is 4.15. The van der Waals surface area contributed by atoms with E-state index in [9.17, 15) is 0 Å². The lowest BCUT2D eigenvalue weighted by Gasteiger charge is -2.14. The van der Waals surface area contributed by atoms with E-state index in [4.69, 9.17) is 15.2 Å². The van der Waals surface area contributed by atoms with Gasteiger partial charge in [0.15, 0.2) is 0 Å². The fourth-order valence-electron chi connectivity index (χ4n) is 1.67. The quantitative estimate of drug-likeness (QED) is 0.706. The lowest BCUT2D eigenvalue weighted by atomic mass is 10.0. The fourth-order valence-corrected chi connectivity index (χ4v) is 1.67. The molecule has 3 nitrogen and oxygen atoms in total. The summed E-state index contributed by atoms with van der Waals surface area (Å²) in [6.45, 7) is 6.76. The first-order valence-corrected chi connectivity index (χ1v) is 6.22. The van der Waals surface area contributed by atoms with Gasteiger partial charge in [-0.1, -0.05) is 31.2 Å². The van der Waals surface area contributed by atoms with Crippen LogP contribution in [0, 0.1) is 6.92 Å². The van der Waals surface area contributed by atoms with Gasteiger partial charge in [0, 0.05) is 6.61 Å². The van der Waals surface area contributed by atoms with Gasteiger partial charge in [-0.05, 0) is 24.5 Å². The molecule has 1 aromatic carbocycles. The van der Waals surface area contributed by atoms with Crippen LogP contribution in [-0.2, 0) is 9.47 Å². The highest BCUT2D eigenvalue weighted by molar-refractivity contribution is 5.28. The van der Waals surface area contributed by atoms with E-state index < -0.39 is 0 Å². The minimum atomic E-state index is -0.0534. The summed E-state index contributed by atoms with van der Waals surface area (Å²) in [5, 5.41) is 0. The Morgan fingerprint density at radius 3 is 2.53 bits per heavy atom. The standard InChI is InChI=1S/C14H23NO2/c1-3-8-16-9-10-17-11-14(15)13-7-5-4-6-12(13)2/h4-7,14H,3,8-11,15H2,1-2H3. The molecule has 0 aromatic heterocycles. The summed E-state index contributed by atoms with van der Waals surface area (Å²) in [4.78, 5) is 0. The van der Waals surface area contributed by atoms with Crippen molar-refractivity contribution in [2.45, 2.75) is 26.3 Å². The third-order valence-corrected chi connectivity index (χ3v) is 2.61. The zero-order valence-electron chi connectivity index (χ0n) is 10.8. The first-order chi connectivity index (χ1) is 8.25. The number of rotatable bonds is 8. The molecular formula is C14H23NO2. The van der Waals surface area contributed by atoms with Crippen LogP contribution in [0.2, 0.25) is 0 Å². The Morgan fingerprint density at radius 1 is 1.12 bits per heavy atom. The third kappa shape index (κ3) is 5.31. The predicted molar refractivity (Wildman–Crippen MR) is 70.0 cm³/mol. The predicted octanol–water partition coefficient (Wildman–Crippen LogP) is 2.44. The van der Waals surface area contributed by atoms with Gasteiger partial charge in [-0.25, -0.2) is 0 Å². The van der Waals surface area contributed by atoms with Gasteiger partial charge >= 0.3 is 0 Å². The van der Waals surface area contributed by atoms with E-state index in [2.05, 4.69) is 26.0 Å². The minimum Gasteiger partial charge on any atom is -0.379 e. The SMILES string of the molecule is CCCOCCOCC(N)c1ccccc1C. The van der Waals surface area contributed by atoms with Crippen molar-refractivity contribution in [2.24, 2.45) is 5.73 Å². The van der Waals surface area contributed by atoms with Crippen LogP contribution in [0.1, 0.15) is 30.5 Å². The molecule has 2 N–H and O–H groups in total. The molecule has 0 radical (unpaired) electrons. The number of nitrogens with two attached hydrogens (primary N) is 1. The molecule has 1 unspecified atom stereocenters. The highest BCUT2D eigenvalue weighted by atomic mass is 16.5. The van der Waals surface area contributed by atoms with Crippen molar-refractivity contribution < 1.29 is 9.47 Å². The molecule has 0 saturated heterocycles. The summed E-state index contributed by atoms with van der Waals surface area (Å²) in [6, 6.07) is 8.09. The Kier molecular flexibility index (Phi) is 6.86. The number of aryl methyl sites for hydroxylation is 1. The normalized spacial score (nSPS) is 12.6. The zero-order chi connectivity index (χ0) is 12.5. The minimum absolute atomic E-state index is 0.0534. The molecule has 0 heterocycles. The first-order valence-electron chi connectivity index (χ1n) is 6.22. The molecule has 0 bridgehead atoms. The summed E-state index contributed by atoms with van der Waals surface area (Å²) < 4.78 is 10.8. The van der Waals surface area contributed by atoms with Crippen LogP contribution in [0.15, 0.2) is 24.3 Å². The molecule has 0 aliphatic heterocycles. The molecule has 0 spiro atoms. The number of ether oxygens (including phenoxy) is 2. The van der Waals surface area contributed by atoms with E-state index in [1.807, 2.05) is 12.1 Å². The molecular weight excluding hydrogens is 214 g/mol. The fraction of sp³-hybridized carbons (Fsp3) is 0.571. The van der Waals surface area contributed by atoms with Crippen molar-refractivity contribution in [1.29, 1.82) is 0 Å². The maximum atomic E-state index is 6.07. The van der Waals surface area contributed by atoms with Crippen molar-refractivity contribution in [3.8, 4) is 0 Å². The van der Waals surface area contributed by atoms with Crippen LogP contribution in [-0.4, -0.2) is 26.4 Å². The topological polar surface area (TPSA) is 44.5 Å². The second kappa shape index (κ2) is 8.23. The van der Waals surface area contributed by atoms with Crippen LogP contribution in [0.25, 0.3) is 0 Å². The maximum Gasteiger partial charge on any atom is 0.0701 e. The third-order valence-electron chi connectivity index (χ3n) is 2.61. The highest BCUT2D eigenvalue weighted by Crippen LogP contribution is 2.15. The Hall–Kier alpha value is -0.900. The van der Waals surface area contributed by atoms with E-state index >= 15 is 0 Å². The maximum absolute atomic E-state index is 6.07. The molecule has 0 saturated carbocycles. The monoisotopic (exact) mass is 237 g/mol. The molecule has 1 aromatic rings. The molecule has 0 amide bonds. The van der Waals surface area contributed by atoms with Gasteiger partial charge in [-0.3, -0.25) is 0 Å². The summed E-state index contributed by atoms with van der Waals surface area (Å²) >= 11 is 0. The van der Waals surface area contributed by atoms with E-state index in [1.165, 1.54) is 5.56 Å². The summed E-state index contributed by atoms with van der Waals surface area (Å²) in [7, 11) is 0. The molecule has 1 rings (SSSR count). The van der Waals surface area contributed by atoms with Gasteiger partial charge in [0.25, 0.3) is 0 Å². The van der Waals surface area contributed by atoms with E-state index in [1.54, 1.807) is 0 Å². The molecule has 17 heavy (non-hydrogen) atoms. The van der Waals surface area contributed by atoms with Gasteiger partial charge in [-0.2, -0.15) is 0 Å². The van der Waals surface area contributed by atoms with Crippen molar-refractivity contribution in [2.75, 3.05) is 26.4 Å². The summed E-state index contributed by atoms with van der Waals surface area (Å²) in [5.41, 5.74) is 8.44. The lowest BCUT2D eigenvalue weighted by Crippen LogP contribution is -2.19. The van der Waals surface area contributed by atoms with Crippen molar-refractivity contribution >= 4 is 0 Å². The molecule has 0 aliphatic rings. The molecule has 0 aliphatic carbocycles. The van der Waals surface area contributed by atoms with Gasteiger partial charge < -0.3 is 15.2 Å². The van der Waals surface area contributed by atoms with E-state index in [-0.39, 0.29) is 6.04 Å². The van der Waals surface area contributed by atoms with E-state index in [0.29, 0.717) is 19.8 Å². The zero-order valence-corrected chi connectivity index (χ0v) is 10.8.